The van der Waals surface area contributed by atoms with Crippen LogP contribution in [0, 0.1) is 6.92 Å². The second-order valence-electron chi connectivity index (χ2n) is 4.35. The van der Waals surface area contributed by atoms with Crippen LogP contribution in [0.1, 0.15) is 11.1 Å². The molecule has 2 rings (SSSR count). The van der Waals surface area contributed by atoms with Crippen molar-refractivity contribution >= 4 is 31.8 Å². The summed E-state index contributed by atoms with van der Waals surface area (Å²) in [5, 5.41) is 0. The van der Waals surface area contributed by atoms with Crippen LogP contribution in [-0.2, 0) is 16.4 Å². The van der Waals surface area contributed by atoms with Crippen molar-refractivity contribution in [3.63, 3.8) is 0 Å². The molecule has 0 spiro atoms. The largest absolute Gasteiger partial charge is 0.267 e. The van der Waals surface area contributed by atoms with Gasteiger partial charge in [0.1, 0.15) is 5.82 Å². The number of halogens is 1. The Morgan fingerprint density at radius 2 is 2.00 bits per heavy atom. The summed E-state index contributed by atoms with van der Waals surface area (Å²) in [6.07, 6.45) is 5.31. The van der Waals surface area contributed by atoms with E-state index in [1.165, 1.54) is 0 Å². The van der Waals surface area contributed by atoms with Gasteiger partial charge in [0.2, 0.25) is 10.0 Å². The molecule has 0 saturated heterocycles. The Morgan fingerprint density at radius 3 is 2.65 bits per heavy atom. The van der Waals surface area contributed by atoms with Gasteiger partial charge in [-0.15, -0.1) is 0 Å². The maximum Gasteiger partial charge on any atom is 0.234 e. The molecular formula is C13H14BrN3O2S. The van der Waals surface area contributed by atoms with Gasteiger partial charge in [0.05, 0.1) is 5.75 Å². The molecule has 20 heavy (non-hydrogen) atoms. The normalized spacial score (nSPS) is 11.3. The van der Waals surface area contributed by atoms with Crippen LogP contribution in [0.2, 0.25) is 0 Å². The molecule has 0 unspecified atom stereocenters. The standard InChI is InChI=1S/C13H14BrN3O2S/c1-10-8-13(16-9-12(10)14)17-20(18,19)7-4-11-2-5-15-6-3-11/h2-3,5-6,8-9H,4,7H2,1H3,(H,16,17). The van der Waals surface area contributed by atoms with Crippen LogP contribution in [0.15, 0.2) is 41.3 Å². The van der Waals surface area contributed by atoms with Crippen LogP contribution < -0.4 is 4.72 Å². The Hall–Kier alpha value is -1.47. The summed E-state index contributed by atoms with van der Waals surface area (Å²) >= 11 is 3.32. The first kappa shape index (κ1) is 14.9. The van der Waals surface area contributed by atoms with E-state index in [1.54, 1.807) is 36.8 Å². The molecule has 0 radical (unpaired) electrons. The number of nitrogens with zero attached hydrogens (tertiary/aromatic N) is 2. The van der Waals surface area contributed by atoms with E-state index in [0.29, 0.717) is 12.2 Å². The number of rotatable bonds is 5. The second-order valence-corrected chi connectivity index (χ2v) is 7.04. The van der Waals surface area contributed by atoms with Crippen LogP contribution in [0.3, 0.4) is 0 Å². The fourth-order valence-corrected chi connectivity index (χ4v) is 2.86. The van der Waals surface area contributed by atoms with Gasteiger partial charge in [-0.05, 0) is 58.6 Å². The van der Waals surface area contributed by atoms with Gasteiger partial charge in [0.15, 0.2) is 0 Å². The molecule has 106 valence electrons. The van der Waals surface area contributed by atoms with Crippen LogP contribution in [0.4, 0.5) is 5.82 Å². The van der Waals surface area contributed by atoms with Crippen molar-refractivity contribution in [2.45, 2.75) is 13.3 Å². The van der Waals surface area contributed by atoms with Gasteiger partial charge in [-0.1, -0.05) is 0 Å². The molecule has 0 saturated carbocycles. The first-order chi connectivity index (χ1) is 9.46. The van der Waals surface area contributed by atoms with Gasteiger partial charge in [0.25, 0.3) is 0 Å². The molecule has 5 nitrogen and oxygen atoms in total. The molecule has 1 N–H and O–H groups in total. The fraction of sp³-hybridized carbons (Fsp3) is 0.231. The zero-order valence-electron chi connectivity index (χ0n) is 10.9. The molecule has 0 aromatic carbocycles. The first-order valence-electron chi connectivity index (χ1n) is 5.98. The van der Waals surface area contributed by atoms with Crippen LogP contribution in [0.25, 0.3) is 0 Å². The highest BCUT2D eigenvalue weighted by Gasteiger charge is 2.12. The minimum atomic E-state index is -3.41. The van der Waals surface area contributed by atoms with Crippen LogP contribution in [-0.4, -0.2) is 24.1 Å². The predicted octanol–water partition coefficient (Wildman–Crippen LogP) is 2.53. The van der Waals surface area contributed by atoms with Gasteiger partial charge < -0.3 is 0 Å². The smallest absolute Gasteiger partial charge is 0.234 e. The second kappa shape index (κ2) is 6.32. The molecule has 2 aromatic rings. The third-order valence-electron chi connectivity index (χ3n) is 2.72. The lowest BCUT2D eigenvalue weighted by molar-refractivity contribution is 0.600. The number of nitrogens with one attached hydrogen (secondary N) is 1. The van der Waals surface area contributed by atoms with E-state index in [9.17, 15) is 8.42 Å². The van der Waals surface area contributed by atoms with Gasteiger partial charge in [-0.25, -0.2) is 13.4 Å². The molecule has 0 bridgehead atoms. The molecule has 0 aliphatic carbocycles. The van der Waals surface area contributed by atoms with Gasteiger partial charge in [-0.3, -0.25) is 9.71 Å². The Balaban J connectivity index is 2.02. The Morgan fingerprint density at radius 1 is 1.30 bits per heavy atom. The fourth-order valence-electron chi connectivity index (χ4n) is 1.61. The summed E-state index contributed by atoms with van der Waals surface area (Å²) < 4.78 is 27.3. The molecule has 0 aliphatic rings. The molecule has 2 aromatic heterocycles. The quantitative estimate of drug-likeness (QED) is 0.894. The highest BCUT2D eigenvalue weighted by molar-refractivity contribution is 9.10. The summed E-state index contributed by atoms with van der Waals surface area (Å²) in [7, 11) is -3.41. The van der Waals surface area contributed by atoms with Gasteiger partial charge in [-0.2, -0.15) is 0 Å². The van der Waals surface area contributed by atoms with Crippen molar-refractivity contribution in [1.29, 1.82) is 0 Å². The van der Waals surface area contributed by atoms with Crippen molar-refractivity contribution in [3.05, 3.63) is 52.4 Å². The molecule has 2 heterocycles. The lowest BCUT2D eigenvalue weighted by Gasteiger charge is -2.08. The molecular weight excluding hydrogens is 342 g/mol. The van der Waals surface area contributed by atoms with E-state index in [-0.39, 0.29) is 5.75 Å². The number of aromatic nitrogens is 2. The average Bonchev–Trinajstić information content (AvgIpc) is 2.42. The number of hydrogen-bond acceptors (Lipinski definition) is 4. The lowest BCUT2D eigenvalue weighted by atomic mass is 10.2. The minimum Gasteiger partial charge on any atom is -0.267 e. The molecule has 0 atom stereocenters. The summed E-state index contributed by atoms with van der Waals surface area (Å²) in [4.78, 5) is 7.93. The van der Waals surface area contributed by atoms with E-state index in [4.69, 9.17) is 0 Å². The van der Waals surface area contributed by atoms with Gasteiger partial charge >= 0.3 is 0 Å². The Kier molecular flexibility index (Phi) is 4.72. The monoisotopic (exact) mass is 355 g/mol. The number of sulfonamides is 1. The van der Waals surface area contributed by atoms with E-state index < -0.39 is 10.0 Å². The number of aryl methyl sites for hydroxylation is 2. The lowest BCUT2D eigenvalue weighted by Crippen LogP contribution is -2.19. The van der Waals surface area contributed by atoms with Crippen molar-refractivity contribution < 1.29 is 8.42 Å². The summed E-state index contributed by atoms with van der Waals surface area (Å²) in [6.45, 7) is 1.88. The highest BCUT2D eigenvalue weighted by atomic mass is 79.9. The number of anilines is 1. The predicted molar refractivity (Wildman–Crippen MR) is 82.0 cm³/mol. The van der Waals surface area contributed by atoms with E-state index in [0.717, 1.165) is 15.6 Å². The third-order valence-corrected chi connectivity index (χ3v) is 4.81. The summed E-state index contributed by atoms with van der Waals surface area (Å²) in [6, 6.07) is 5.29. The zero-order valence-corrected chi connectivity index (χ0v) is 13.3. The van der Waals surface area contributed by atoms with Crippen molar-refractivity contribution in [2.24, 2.45) is 0 Å². The molecule has 7 heteroatoms. The molecule has 0 amide bonds. The third kappa shape index (κ3) is 4.28. The Bertz CT molecular complexity index is 690. The minimum absolute atomic E-state index is 0.00774. The van der Waals surface area contributed by atoms with E-state index >= 15 is 0 Å². The van der Waals surface area contributed by atoms with Crippen molar-refractivity contribution in [2.75, 3.05) is 10.5 Å². The number of pyridine rings is 2. The molecule has 0 aliphatic heterocycles. The van der Waals surface area contributed by atoms with Gasteiger partial charge in [0, 0.05) is 23.1 Å². The maximum atomic E-state index is 12.0. The zero-order chi connectivity index (χ0) is 14.6. The highest BCUT2D eigenvalue weighted by Crippen LogP contribution is 2.18. The topological polar surface area (TPSA) is 72.0 Å². The summed E-state index contributed by atoms with van der Waals surface area (Å²) in [5.74, 6) is 0.341. The SMILES string of the molecule is Cc1cc(NS(=O)(=O)CCc2ccncc2)ncc1Br. The van der Waals surface area contributed by atoms with E-state index in [1.807, 2.05) is 6.92 Å². The first-order valence-corrected chi connectivity index (χ1v) is 8.42. The van der Waals surface area contributed by atoms with Crippen molar-refractivity contribution in [1.82, 2.24) is 9.97 Å². The average molecular weight is 356 g/mol. The maximum absolute atomic E-state index is 12.0. The van der Waals surface area contributed by atoms with E-state index in [2.05, 4.69) is 30.6 Å². The molecule has 0 fully saturated rings. The number of hydrogen-bond donors (Lipinski definition) is 1. The Labute approximate surface area is 126 Å². The van der Waals surface area contributed by atoms with Crippen LogP contribution >= 0.6 is 15.9 Å². The summed E-state index contributed by atoms with van der Waals surface area (Å²) in [5.41, 5.74) is 1.86. The van der Waals surface area contributed by atoms with Crippen LogP contribution in [0.5, 0.6) is 0 Å². The van der Waals surface area contributed by atoms with Crippen molar-refractivity contribution in [3.8, 4) is 0 Å².